The SMILES string of the molecule is CC(C)[C@H](C(N)=O)C1CCOCC1. The van der Waals surface area contributed by atoms with Crippen LogP contribution in [0.2, 0.25) is 0 Å². The summed E-state index contributed by atoms with van der Waals surface area (Å²) in [4.78, 5) is 11.2. The number of primary amides is 1. The molecule has 0 spiro atoms. The number of carbonyl (C=O) groups excluding carboxylic acids is 1. The molecule has 1 atom stereocenters. The molecule has 1 aliphatic heterocycles. The molecule has 0 aromatic heterocycles. The molecule has 0 saturated carbocycles. The number of rotatable bonds is 3. The van der Waals surface area contributed by atoms with E-state index in [9.17, 15) is 4.79 Å². The maximum atomic E-state index is 11.2. The molecule has 1 rings (SSSR count). The van der Waals surface area contributed by atoms with E-state index >= 15 is 0 Å². The Morgan fingerprint density at radius 1 is 1.38 bits per heavy atom. The van der Waals surface area contributed by atoms with E-state index < -0.39 is 0 Å². The fourth-order valence-electron chi connectivity index (χ4n) is 2.18. The number of amides is 1. The van der Waals surface area contributed by atoms with E-state index in [1.54, 1.807) is 0 Å². The summed E-state index contributed by atoms with van der Waals surface area (Å²) < 4.78 is 5.26. The Labute approximate surface area is 79.6 Å². The van der Waals surface area contributed by atoms with E-state index in [0.29, 0.717) is 11.8 Å². The molecule has 1 saturated heterocycles. The van der Waals surface area contributed by atoms with Crippen LogP contribution in [0.4, 0.5) is 0 Å². The van der Waals surface area contributed by atoms with Gasteiger partial charge in [0.1, 0.15) is 0 Å². The van der Waals surface area contributed by atoms with Gasteiger partial charge in [-0.15, -0.1) is 0 Å². The van der Waals surface area contributed by atoms with Gasteiger partial charge < -0.3 is 10.5 Å². The van der Waals surface area contributed by atoms with Gasteiger partial charge in [0.05, 0.1) is 0 Å². The average Bonchev–Trinajstić information content (AvgIpc) is 2.04. The second-order valence-corrected chi connectivity index (χ2v) is 4.12. The lowest BCUT2D eigenvalue weighted by Gasteiger charge is -2.30. The third-order valence-corrected chi connectivity index (χ3v) is 2.82. The van der Waals surface area contributed by atoms with E-state index in [0.717, 1.165) is 26.1 Å². The van der Waals surface area contributed by atoms with Gasteiger partial charge in [0.25, 0.3) is 0 Å². The lowest BCUT2D eigenvalue weighted by molar-refractivity contribution is -0.126. The van der Waals surface area contributed by atoms with Crippen LogP contribution in [0.25, 0.3) is 0 Å². The van der Waals surface area contributed by atoms with Crippen molar-refractivity contribution in [3.63, 3.8) is 0 Å². The number of hydrogen-bond acceptors (Lipinski definition) is 2. The van der Waals surface area contributed by atoms with Crippen molar-refractivity contribution in [3.05, 3.63) is 0 Å². The molecule has 0 unspecified atom stereocenters. The third kappa shape index (κ3) is 2.69. The van der Waals surface area contributed by atoms with Gasteiger partial charge in [-0.3, -0.25) is 4.79 Å². The zero-order chi connectivity index (χ0) is 9.84. The molecule has 1 fully saturated rings. The first-order valence-electron chi connectivity index (χ1n) is 5.00. The monoisotopic (exact) mass is 185 g/mol. The maximum absolute atomic E-state index is 11.2. The highest BCUT2D eigenvalue weighted by molar-refractivity contribution is 5.77. The van der Waals surface area contributed by atoms with E-state index in [2.05, 4.69) is 13.8 Å². The summed E-state index contributed by atoms with van der Waals surface area (Å²) >= 11 is 0. The highest BCUT2D eigenvalue weighted by Gasteiger charge is 2.30. The number of ether oxygens (including phenoxy) is 1. The van der Waals surface area contributed by atoms with Crippen molar-refractivity contribution < 1.29 is 9.53 Å². The van der Waals surface area contributed by atoms with Gasteiger partial charge in [0.15, 0.2) is 0 Å². The number of hydrogen-bond donors (Lipinski definition) is 1. The van der Waals surface area contributed by atoms with Crippen LogP contribution in [0, 0.1) is 17.8 Å². The molecular formula is C10H19NO2. The zero-order valence-corrected chi connectivity index (χ0v) is 8.45. The van der Waals surface area contributed by atoms with Crippen molar-refractivity contribution >= 4 is 5.91 Å². The summed E-state index contributed by atoms with van der Waals surface area (Å²) in [5.41, 5.74) is 5.39. The number of nitrogens with two attached hydrogens (primary N) is 1. The Morgan fingerprint density at radius 3 is 2.31 bits per heavy atom. The molecule has 3 nitrogen and oxygen atoms in total. The molecule has 0 aromatic carbocycles. The van der Waals surface area contributed by atoms with Crippen LogP contribution in [-0.4, -0.2) is 19.1 Å². The molecule has 76 valence electrons. The molecule has 13 heavy (non-hydrogen) atoms. The first-order valence-corrected chi connectivity index (χ1v) is 5.00. The second kappa shape index (κ2) is 4.61. The molecule has 3 heteroatoms. The van der Waals surface area contributed by atoms with Crippen molar-refractivity contribution in [3.8, 4) is 0 Å². The Morgan fingerprint density at radius 2 is 1.92 bits per heavy atom. The third-order valence-electron chi connectivity index (χ3n) is 2.82. The van der Waals surface area contributed by atoms with E-state index in [1.807, 2.05) is 0 Å². The van der Waals surface area contributed by atoms with Crippen molar-refractivity contribution in [1.29, 1.82) is 0 Å². The normalized spacial score (nSPS) is 21.8. The summed E-state index contributed by atoms with van der Waals surface area (Å²) in [6.07, 6.45) is 1.96. The van der Waals surface area contributed by atoms with Crippen LogP contribution in [0.15, 0.2) is 0 Å². The summed E-state index contributed by atoms with van der Waals surface area (Å²) in [6.45, 7) is 5.68. The Balaban J connectivity index is 2.57. The van der Waals surface area contributed by atoms with Crippen molar-refractivity contribution in [2.45, 2.75) is 26.7 Å². The first-order chi connectivity index (χ1) is 6.13. The largest absolute Gasteiger partial charge is 0.381 e. The molecule has 0 aromatic rings. The Kier molecular flexibility index (Phi) is 3.72. The van der Waals surface area contributed by atoms with Gasteiger partial charge >= 0.3 is 0 Å². The first kappa shape index (κ1) is 10.5. The molecular weight excluding hydrogens is 166 g/mol. The van der Waals surface area contributed by atoms with Crippen LogP contribution in [0.1, 0.15) is 26.7 Å². The van der Waals surface area contributed by atoms with Crippen LogP contribution < -0.4 is 5.73 Å². The summed E-state index contributed by atoms with van der Waals surface area (Å²) in [7, 11) is 0. The van der Waals surface area contributed by atoms with Crippen molar-refractivity contribution in [2.75, 3.05) is 13.2 Å². The van der Waals surface area contributed by atoms with Crippen LogP contribution in [0.3, 0.4) is 0 Å². The molecule has 0 aliphatic carbocycles. The van der Waals surface area contributed by atoms with E-state index in [4.69, 9.17) is 10.5 Å². The minimum absolute atomic E-state index is 0.0314. The molecule has 0 radical (unpaired) electrons. The van der Waals surface area contributed by atoms with E-state index in [-0.39, 0.29) is 11.8 Å². The van der Waals surface area contributed by atoms with Crippen LogP contribution >= 0.6 is 0 Å². The van der Waals surface area contributed by atoms with Crippen molar-refractivity contribution in [2.24, 2.45) is 23.5 Å². The smallest absolute Gasteiger partial charge is 0.221 e. The molecule has 1 amide bonds. The summed E-state index contributed by atoms with van der Waals surface area (Å²) in [5, 5.41) is 0. The lowest BCUT2D eigenvalue weighted by atomic mass is 9.79. The molecule has 1 heterocycles. The fourth-order valence-corrected chi connectivity index (χ4v) is 2.18. The molecule has 0 bridgehead atoms. The van der Waals surface area contributed by atoms with Crippen LogP contribution in [0.5, 0.6) is 0 Å². The lowest BCUT2D eigenvalue weighted by Crippen LogP contribution is -2.36. The standard InChI is InChI=1S/C10H19NO2/c1-7(2)9(10(11)12)8-3-5-13-6-4-8/h7-9H,3-6H2,1-2H3,(H2,11,12)/t9-/m0/s1. The zero-order valence-electron chi connectivity index (χ0n) is 8.45. The van der Waals surface area contributed by atoms with Gasteiger partial charge in [-0.25, -0.2) is 0 Å². The van der Waals surface area contributed by atoms with Gasteiger partial charge in [0.2, 0.25) is 5.91 Å². The second-order valence-electron chi connectivity index (χ2n) is 4.12. The quantitative estimate of drug-likeness (QED) is 0.717. The highest BCUT2D eigenvalue weighted by Crippen LogP contribution is 2.28. The highest BCUT2D eigenvalue weighted by atomic mass is 16.5. The molecule has 1 aliphatic rings. The van der Waals surface area contributed by atoms with Gasteiger partial charge in [-0.1, -0.05) is 13.8 Å². The summed E-state index contributed by atoms with van der Waals surface area (Å²) in [5.74, 6) is 0.664. The minimum atomic E-state index is -0.151. The Bertz CT molecular complexity index is 174. The predicted molar refractivity (Wildman–Crippen MR) is 51.1 cm³/mol. The minimum Gasteiger partial charge on any atom is -0.381 e. The predicted octanol–water partition coefficient (Wildman–Crippen LogP) is 1.17. The fraction of sp³-hybridized carbons (Fsp3) is 0.900. The molecule has 2 N–H and O–H groups in total. The van der Waals surface area contributed by atoms with Gasteiger partial charge in [0, 0.05) is 19.1 Å². The topological polar surface area (TPSA) is 52.3 Å². The van der Waals surface area contributed by atoms with Gasteiger partial charge in [-0.2, -0.15) is 0 Å². The number of carbonyl (C=O) groups is 1. The van der Waals surface area contributed by atoms with Crippen molar-refractivity contribution in [1.82, 2.24) is 0 Å². The van der Waals surface area contributed by atoms with E-state index in [1.165, 1.54) is 0 Å². The summed E-state index contributed by atoms with van der Waals surface area (Å²) in [6, 6.07) is 0. The maximum Gasteiger partial charge on any atom is 0.221 e. The van der Waals surface area contributed by atoms with Crippen LogP contribution in [-0.2, 0) is 9.53 Å². The Hall–Kier alpha value is -0.570. The average molecular weight is 185 g/mol. The van der Waals surface area contributed by atoms with Gasteiger partial charge in [-0.05, 0) is 24.7 Å².